The highest BCUT2D eigenvalue weighted by Crippen LogP contribution is 2.53. The Kier molecular flexibility index (Phi) is 7.58. The van der Waals surface area contributed by atoms with Crippen LogP contribution in [0.2, 0.25) is 0 Å². The van der Waals surface area contributed by atoms with Crippen LogP contribution in [0.3, 0.4) is 0 Å². The van der Waals surface area contributed by atoms with E-state index in [1.54, 1.807) is 19.1 Å². The molecule has 1 aliphatic heterocycles. The summed E-state index contributed by atoms with van der Waals surface area (Å²) in [6, 6.07) is 8.71. The van der Waals surface area contributed by atoms with Gasteiger partial charge in [0.15, 0.2) is 15.7 Å². The number of rotatable bonds is 9. The Labute approximate surface area is 206 Å². The van der Waals surface area contributed by atoms with Gasteiger partial charge in [-0.1, -0.05) is 6.92 Å². The molecule has 1 saturated carbocycles. The first kappa shape index (κ1) is 25.3. The number of aliphatic hydroxyl groups is 1. The highest BCUT2D eigenvalue weighted by Gasteiger charge is 2.56. The molecule has 2 aromatic rings. The van der Waals surface area contributed by atoms with E-state index < -0.39 is 14.6 Å². The zero-order valence-electron chi connectivity index (χ0n) is 20.2. The topological polar surface area (TPSA) is 134 Å². The molecule has 1 aliphatic carbocycles. The highest BCUT2D eigenvalue weighted by atomic mass is 32.2. The zero-order chi connectivity index (χ0) is 25.1. The molecule has 1 aromatic carbocycles. The summed E-state index contributed by atoms with van der Waals surface area (Å²) in [7, 11) is -3.33. The number of aliphatic hydroxyl groups excluding tert-OH is 1. The van der Waals surface area contributed by atoms with E-state index in [-0.39, 0.29) is 24.4 Å². The third-order valence-electron chi connectivity index (χ3n) is 6.54. The summed E-state index contributed by atoms with van der Waals surface area (Å²) in [5.74, 6) is 1.22. The van der Waals surface area contributed by atoms with Crippen LogP contribution in [-0.2, 0) is 19.3 Å². The van der Waals surface area contributed by atoms with E-state index in [4.69, 9.17) is 19.8 Å². The Morgan fingerprint density at radius 2 is 2.00 bits per heavy atom. The monoisotopic (exact) mass is 503 g/mol. The Morgan fingerprint density at radius 1 is 1.26 bits per heavy atom. The van der Waals surface area contributed by atoms with Gasteiger partial charge in [-0.2, -0.15) is 0 Å². The van der Waals surface area contributed by atoms with E-state index in [2.05, 4.69) is 22.5 Å². The summed E-state index contributed by atoms with van der Waals surface area (Å²) in [5.41, 5.74) is 1.87. The Hall–Kier alpha value is -2.76. The molecule has 0 spiro atoms. The number of urea groups is 1. The lowest BCUT2D eigenvalue weighted by atomic mass is 10.1. The molecule has 2 aliphatic rings. The van der Waals surface area contributed by atoms with E-state index in [1.807, 2.05) is 18.2 Å². The minimum Gasteiger partial charge on any atom is -0.396 e. The lowest BCUT2D eigenvalue weighted by molar-refractivity contribution is 0.0985. The minimum atomic E-state index is -3.33. The van der Waals surface area contributed by atoms with E-state index in [0.29, 0.717) is 68.6 Å². The second-order valence-electron chi connectivity index (χ2n) is 8.99. The number of sulfone groups is 1. The van der Waals surface area contributed by atoms with E-state index in [1.165, 1.54) is 0 Å². The van der Waals surface area contributed by atoms with Crippen molar-refractivity contribution in [1.82, 2.24) is 15.3 Å². The molecule has 35 heavy (non-hydrogen) atoms. The van der Waals surface area contributed by atoms with Gasteiger partial charge in [-0.15, -0.1) is 0 Å². The summed E-state index contributed by atoms with van der Waals surface area (Å²) in [5, 5.41) is 14.2. The van der Waals surface area contributed by atoms with Gasteiger partial charge in [-0.3, -0.25) is 0 Å². The van der Waals surface area contributed by atoms with Crippen LogP contribution in [0.4, 0.5) is 16.3 Å². The molecule has 1 saturated heterocycles. The number of nitrogens with zero attached hydrogens (tertiary/aromatic N) is 3. The maximum absolute atomic E-state index is 13.0. The van der Waals surface area contributed by atoms with Gasteiger partial charge in [0.2, 0.25) is 0 Å². The first-order valence-corrected chi connectivity index (χ1v) is 13.7. The van der Waals surface area contributed by atoms with Crippen molar-refractivity contribution in [2.45, 2.75) is 43.9 Å². The van der Waals surface area contributed by atoms with Gasteiger partial charge < -0.3 is 25.4 Å². The van der Waals surface area contributed by atoms with Crippen molar-refractivity contribution in [2.24, 2.45) is 0 Å². The average molecular weight is 504 g/mol. The first-order chi connectivity index (χ1) is 16.8. The molecule has 1 aromatic heterocycles. The summed E-state index contributed by atoms with van der Waals surface area (Å²) in [4.78, 5) is 23.7. The van der Waals surface area contributed by atoms with Crippen LogP contribution in [0.5, 0.6) is 0 Å². The summed E-state index contributed by atoms with van der Waals surface area (Å²) < 4.78 is 30.6. The van der Waals surface area contributed by atoms with Crippen molar-refractivity contribution in [2.75, 3.05) is 48.9 Å². The van der Waals surface area contributed by atoms with Crippen molar-refractivity contribution in [3.05, 3.63) is 36.0 Å². The number of carbonyl (C=O) groups is 1. The fraction of sp³-hybridized carbons (Fsp3) is 0.542. The molecule has 2 fully saturated rings. The van der Waals surface area contributed by atoms with Gasteiger partial charge in [-0.25, -0.2) is 23.2 Å². The largest absolute Gasteiger partial charge is 0.396 e. The Balaban J connectivity index is 1.65. The van der Waals surface area contributed by atoms with Crippen molar-refractivity contribution in [3.63, 3.8) is 0 Å². The quantitative estimate of drug-likeness (QED) is 0.444. The molecule has 3 N–H and O–H groups in total. The molecule has 4 rings (SSSR count). The normalized spacial score (nSPS) is 19.3. The molecule has 0 unspecified atom stereocenters. The molecule has 2 amide bonds. The molecular formula is C24H33N5O5S. The molecule has 11 heteroatoms. The zero-order valence-corrected chi connectivity index (χ0v) is 21.0. The van der Waals surface area contributed by atoms with Gasteiger partial charge >= 0.3 is 6.03 Å². The molecule has 1 atom stereocenters. The third-order valence-corrected chi connectivity index (χ3v) is 9.11. The number of hydrogen-bond donors (Lipinski definition) is 3. The number of morpholine rings is 1. The molecule has 0 radical (unpaired) electrons. The SMILES string of the molecule is CCS(=O)(=O)C1(c2cc(N3CCOC[C@@H]3C)nc(-c3ccc(NC(=O)NCCCO)cc3)n2)CC1. The van der Waals surface area contributed by atoms with Crippen LogP contribution in [0.15, 0.2) is 30.3 Å². The Morgan fingerprint density at radius 3 is 2.63 bits per heavy atom. The van der Waals surface area contributed by atoms with Crippen LogP contribution >= 0.6 is 0 Å². The van der Waals surface area contributed by atoms with Crippen LogP contribution in [-0.4, -0.2) is 74.2 Å². The van der Waals surface area contributed by atoms with Crippen LogP contribution in [0, 0.1) is 0 Å². The second kappa shape index (κ2) is 10.5. The predicted molar refractivity (Wildman–Crippen MR) is 134 cm³/mol. The number of ether oxygens (including phenoxy) is 1. The standard InChI is InChI=1S/C24H33N5O5S/c1-3-35(32,33)24(9-10-24)20-15-21(29-12-14-34-16-17(29)2)28-22(27-20)18-5-7-19(8-6-18)26-23(31)25-11-4-13-30/h5-8,15,17,30H,3-4,9-14,16H2,1-2H3,(H2,25,26,31)/t17-/m0/s1. The molecule has 2 heterocycles. The maximum Gasteiger partial charge on any atom is 0.319 e. The number of carbonyl (C=O) groups excluding carboxylic acids is 1. The van der Waals surface area contributed by atoms with Crippen molar-refractivity contribution in [3.8, 4) is 11.4 Å². The summed E-state index contributed by atoms with van der Waals surface area (Å²) >= 11 is 0. The molecule has 190 valence electrons. The predicted octanol–water partition coefficient (Wildman–Crippen LogP) is 2.30. The number of aromatic nitrogens is 2. The number of nitrogens with one attached hydrogen (secondary N) is 2. The van der Waals surface area contributed by atoms with E-state index in [9.17, 15) is 13.2 Å². The van der Waals surface area contributed by atoms with E-state index >= 15 is 0 Å². The van der Waals surface area contributed by atoms with Crippen LogP contribution in [0.1, 0.15) is 38.8 Å². The van der Waals surface area contributed by atoms with Crippen molar-refractivity contribution in [1.29, 1.82) is 0 Å². The number of amides is 2. The fourth-order valence-corrected chi connectivity index (χ4v) is 5.99. The van der Waals surface area contributed by atoms with Crippen molar-refractivity contribution >= 4 is 27.4 Å². The molecular weight excluding hydrogens is 470 g/mol. The van der Waals surface area contributed by atoms with Crippen LogP contribution in [0.25, 0.3) is 11.4 Å². The summed E-state index contributed by atoms with van der Waals surface area (Å²) in [6.45, 7) is 5.95. The lowest BCUT2D eigenvalue weighted by Crippen LogP contribution is -2.44. The van der Waals surface area contributed by atoms with Gasteiger partial charge in [0, 0.05) is 42.8 Å². The van der Waals surface area contributed by atoms with Crippen molar-refractivity contribution < 1.29 is 23.1 Å². The average Bonchev–Trinajstić information content (AvgIpc) is 3.68. The minimum absolute atomic E-state index is 0.0140. The molecule has 0 bridgehead atoms. The molecule has 10 nitrogen and oxygen atoms in total. The van der Waals surface area contributed by atoms with Gasteiger partial charge in [0.05, 0.1) is 24.9 Å². The number of hydrogen-bond acceptors (Lipinski definition) is 8. The van der Waals surface area contributed by atoms with E-state index in [0.717, 1.165) is 5.56 Å². The van der Waals surface area contributed by atoms with Gasteiger partial charge in [0.1, 0.15) is 10.6 Å². The number of anilines is 2. The smallest absolute Gasteiger partial charge is 0.319 e. The fourth-order valence-electron chi connectivity index (χ4n) is 4.29. The first-order valence-electron chi connectivity index (χ1n) is 12.0. The lowest BCUT2D eigenvalue weighted by Gasteiger charge is -2.34. The third kappa shape index (κ3) is 5.41. The summed E-state index contributed by atoms with van der Waals surface area (Å²) in [6.07, 6.45) is 1.61. The highest BCUT2D eigenvalue weighted by molar-refractivity contribution is 7.92. The number of benzene rings is 1. The maximum atomic E-state index is 13.0. The Bertz CT molecular complexity index is 1150. The van der Waals surface area contributed by atoms with Crippen LogP contribution < -0.4 is 15.5 Å². The van der Waals surface area contributed by atoms with Gasteiger partial charge in [-0.05, 0) is 50.5 Å². The van der Waals surface area contributed by atoms with Gasteiger partial charge in [0.25, 0.3) is 0 Å². The second-order valence-corrected chi connectivity index (χ2v) is 11.6.